The Labute approximate surface area is 68.7 Å². The Kier molecular flexibility index (Phi) is 4.06. The van der Waals surface area contributed by atoms with Crippen molar-refractivity contribution in [3.63, 3.8) is 0 Å². The number of hydrogen-bond donors (Lipinski definition) is 0. The van der Waals surface area contributed by atoms with E-state index in [4.69, 9.17) is 0 Å². The number of esters is 1. The Hall–Kier alpha value is -0.740. The van der Waals surface area contributed by atoms with Crippen LogP contribution in [0, 0.1) is 0 Å². The van der Waals surface area contributed by atoms with Crippen molar-refractivity contribution < 1.29 is 22.7 Å². The van der Waals surface area contributed by atoms with Crippen LogP contribution in [0.25, 0.3) is 0 Å². The predicted molar refractivity (Wildman–Crippen MR) is 36.8 cm³/mol. The number of alkyl halides is 3. The third-order valence-corrected chi connectivity index (χ3v) is 1.21. The highest BCUT2D eigenvalue weighted by molar-refractivity contribution is 5.78. The highest BCUT2D eigenvalue weighted by Gasteiger charge is 2.47. The molecule has 0 aliphatic carbocycles. The minimum absolute atomic E-state index is 0.110. The first-order valence-corrected chi connectivity index (χ1v) is 3.62. The fourth-order valence-corrected chi connectivity index (χ4v) is 0.453. The minimum Gasteiger partial charge on any atom is -0.461 e. The zero-order valence-electron chi connectivity index (χ0n) is 6.94. The van der Waals surface area contributed by atoms with Crippen molar-refractivity contribution in [1.29, 1.82) is 0 Å². The summed E-state index contributed by atoms with van der Waals surface area (Å²) in [5, 5.41) is 0. The summed E-state index contributed by atoms with van der Waals surface area (Å²) in [4.78, 5) is 10.5. The van der Waals surface area contributed by atoms with Crippen molar-refractivity contribution in [2.24, 2.45) is 0 Å². The summed E-state index contributed by atoms with van der Waals surface area (Å²) in [6, 6.07) is 0. The van der Waals surface area contributed by atoms with Crippen molar-refractivity contribution in [2.75, 3.05) is 6.61 Å². The van der Waals surface area contributed by atoms with Crippen molar-refractivity contribution in [1.82, 2.24) is 0 Å². The monoisotopic (exact) mass is 184 g/mol. The van der Waals surface area contributed by atoms with Gasteiger partial charge in [0.2, 0.25) is 0 Å². The van der Waals surface area contributed by atoms with E-state index in [1.807, 2.05) is 0 Å². The van der Waals surface area contributed by atoms with Gasteiger partial charge >= 0.3 is 11.9 Å². The quantitative estimate of drug-likeness (QED) is 0.624. The summed E-state index contributed by atoms with van der Waals surface area (Å²) in [6.45, 7) is 2.17. The molecule has 0 heterocycles. The van der Waals surface area contributed by atoms with Gasteiger partial charge in [0.25, 0.3) is 0 Å². The van der Waals surface area contributed by atoms with Crippen LogP contribution in [-0.2, 0) is 9.53 Å². The molecule has 0 bridgehead atoms. The van der Waals surface area contributed by atoms with Crippen LogP contribution in [0.1, 0.15) is 20.3 Å². The summed E-state index contributed by atoms with van der Waals surface area (Å²) in [6.07, 6.45) is -2.08. The Balaban J connectivity index is 4.07. The average molecular weight is 184 g/mol. The third-order valence-electron chi connectivity index (χ3n) is 1.21. The van der Waals surface area contributed by atoms with E-state index in [2.05, 4.69) is 4.74 Å². The topological polar surface area (TPSA) is 26.3 Å². The molecule has 2 nitrogen and oxygen atoms in total. The lowest BCUT2D eigenvalue weighted by molar-refractivity contribution is -0.180. The van der Waals surface area contributed by atoms with Crippen molar-refractivity contribution in [3.05, 3.63) is 0 Å². The highest BCUT2D eigenvalue weighted by atomic mass is 19.3. The smallest absolute Gasteiger partial charge is 0.380 e. The first-order chi connectivity index (χ1) is 5.42. The fourth-order valence-electron chi connectivity index (χ4n) is 0.453. The molecular formula is C7H11F3O2. The van der Waals surface area contributed by atoms with E-state index in [1.165, 1.54) is 0 Å². The fraction of sp³-hybridized carbons (Fsp3) is 0.857. The lowest BCUT2D eigenvalue weighted by Crippen LogP contribution is -2.38. The van der Waals surface area contributed by atoms with Gasteiger partial charge in [-0.25, -0.2) is 9.18 Å². The number of hydrogen-bond acceptors (Lipinski definition) is 2. The van der Waals surface area contributed by atoms with E-state index in [0.717, 1.165) is 0 Å². The van der Waals surface area contributed by atoms with Gasteiger partial charge < -0.3 is 4.74 Å². The molecule has 0 aromatic rings. The van der Waals surface area contributed by atoms with E-state index in [1.54, 1.807) is 6.92 Å². The van der Waals surface area contributed by atoms with Gasteiger partial charge in [-0.2, -0.15) is 8.78 Å². The summed E-state index contributed by atoms with van der Waals surface area (Å²) in [5.41, 5.74) is 0. The summed E-state index contributed by atoms with van der Waals surface area (Å²) in [5.74, 6) is -5.81. The zero-order valence-corrected chi connectivity index (χ0v) is 6.94. The predicted octanol–water partition coefficient (Wildman–Crippen LogP) is 1.93. The molecule has 0 amide bonds. The van der Waals surface area contributed by atoms with E-state index < -0.39 is 18.1 Å². The van der Waals surface area contributed by atoms with Crippen molar-refractivity contribution in [2.45, 2.75) is 32.4 Å². The number of rotatable bonds is 4. The molecule has 72 valence electrons. The van der Waals surface area contributed by atoms with Crippen LogP contribution in [0.2, 0.25) is 0 Å². The van der Waals surface area contributed by atoms with Gasteiger partial charge in [-0.05, 0) is 13.3 Å². The molecule has 0 rings (SSSR count). The zero-order chi connectivity index (χ0) is 9.78. The first kappa shape index (κ1) is 11.3. The molecule has 0 aromatic heterocycles. The highest BCUT2D eigenvalue weighted by Crippen LogP contribution is 2.22. The molecule has 0 saturated heterocycles. The van der Waals surface area contributed by atoms with Crippen LogP contribution in [0.15, 0.2) is 0 Å². The number of carbonyl (C=O) groups excluding carboxylic acids is 1. The van der Waals surface area contributed by atoms with Gasteiger partial charge in [-0.3, -0.25) is 0 Å². The molecule has 0 aliphatic heterocycles. The normalized spacial score (nSPS) is 14.1. The summed E-state index contributed by atoms with van der Waals surface area (Å²) >= 11 is 0. The average Bonchev–Trinajstić information content (AvgIpc) is 1.99. The van der Waals surface area contributed by atoms with Gasteiger partial charge in [-0.1, -0.05) is 6.92 Å². The molecule has 0 saturated carbocycles. The van der Waals surface area contributed by atoms with Crippen molar-refractivity contribution >= 4 is 5.97 Å². The number of ether oxygens (including phenoxy) is 1. The maximum atomic E-state index is 12.4. The first-order valence-electron chi connectivity index (χ1n) is 3.62. The maximum Gasteiger partial charge on any atom is 0.380 e. The molecule has 0 spiro atoms. The van der Waals surface area contributed by atoms with E-state index in [9.17, 15) is 18.0 Å². The van der Waals surface area contributed by atoms with E-state index in [0.29, 0.717) is 13.3 Å². The molecule has 1 unspecified atom stereocenters. The van der Waals surface area contributed by atoms with Crippen LogP contribution in [0.5, 0.6) is 0 Å². The summed E-state index contributed by atoms with van der Waals surface area (Å²) < 4.78 is 41.0. The molecule has 5 heteroatoms. The standard InChI is InChI=1S/C7H11F3O2/c1-3-4-12-6(11)7(9,10)5(2)8/h5H,3-4H2,1-2H3. The van der Waals surface area contributed by atoms with E-state index >= 15 is 0 Å². The van der Waals surface area contributed by atoms with Crippen LogP contribution >= 0.6 is 0 Å². The Bertz CT molecular complexity index is 157. The van der Waals surface area contributed by atoms with Crippen LogP contribution in [0.4, 0.5) is 13.2 Å². The third kappa shape index (κ3) is 2.71. The second-order valence-corrected chi connectivity index (χ2v) is 2.37. The Morgan fingerprint density at radius 1 is 1.58 bits per heavy atom. The minimum atomic E-state index is -4.02. The number of carbonyl (C=O) groups is 1. The van der Waals surface area contributed by atoms with Crippen LogP contribution < -0.4 is 0 Å². The maximum absolute atomic E-state index is 12.4. The Morgan fingerprint density at radius 3 is 2.42 bits per heavy atom. The molecular weight excluding hydrogens is 173 g/mol. The molecule has 0 aliphatic rings. The van der Waals surface area contributed by atoms with Crippen molar-refractivity contribution in [3.8, 4) is 0 Å². The van der Waals surface area contributed by atoms with E-state index in [-0.39, 0.29) is 6.61 Å². The van der Waals surface area contributed by atoms with Gasteiger partial charge in [0.1, 0.15) is 0 Å². The largest absolute Gasteiger partial charge is 0.461 e. The Morgan fingerprint density at radius 2 is 2.08 bits per heavy atom. The second-order valence-electron chi connectivity index (χ2n) is 2.37. The molecule has 0 radical (unpaired) electrons. The molecule has 0 fully saturated rings. The molecule has 12 heavy (non-hydrogen) atoms. The molecule has 0 aromatic carbocycles. The van der Waals surface area contributed by atoms with Gasteiger partial charge in [0, 0.05) is 0 Å². The van der Waals surface area contributed by atoms with Gasteiger partial charge in [0.15, 0.2) is 6.17 Å². The van der Waals surface area contributed by atoms with Crippen LogP contribution in [-0.4, -0.2) is 24.7 Å². The van der Waals surface area contributed by atoms with Crippen LogP contribution in [0.3, 0.4) is 0 Å². The lowest BCUT2D eigenvalue weighted by Gasteiger charge is -2.15. The number of halogens is 3. The SMILES string of the molecule is CCCOC(=O)C(F)(F)C(C)F. The van der Waals surface area contributed by atoms with Gasteiger partial charge in [-0.15, -0.1) is 0 Å². The summed E-state index contributed by atoms with van der Waals surface area (Å²) in [7, 11) is 0. The van der Waals surface area contributed by atoms with Gasteiger partial charge in [0.05, 0.1) is 6.61 Å². The molecule has 0 N–H and O–H groups in total. The lowest BCUT2D eigenvalue weighted by atomic mass is 10.2. The second kappa shape index (κ2) is 4.33. The molecule has 1 atom stereocenters.